The first-order valence-electron chi connectivity index (χ1n) is 9.16. The lowest BCUT2D eigenvalue weighted by atomic mass is 10.1. The SMILES string of the molecule is CCN(c1ccc(/C(C=N)=C/NC)cc1)c1n[nH]c2c1CN(C(C)=O)CC2. The third-order valence-corrected chi connectivity index (χ3v) is 4.90. The molecule has 3 rings (SSSR count). The summed E-state index contributed by atoms with van der Waals surface area (Å²) < 4.78 is 0. The number of carbonyl (C=O) groups excluding carboxylic acids is 1. The van der Waals surface area contributed by atoms with Gasteiger partial charge in [0.25, 0.3) is 0 Å². The molecule has 2 heterocycles. The second-order valence-electron chi connectivity index (χ2n) is 6.52. The standard InChI is InChI=1S/C20H26N6O/c1-4-26(17-7-5-15(6-8-17)16(11-21)12-22-3)20-18-13-25(14(2)27)10-9-19(18)23-24-20/h5-8,11-12,21-22H,4,9-10,13H2,1-3H3,(H,23,24)/b16-12+,21-11?. The molecule has 0 fully saturated rings. The summed E-state index contributed by atoms with van der Waals surface area (Å²) >= 11 is 0. The van der Waals surface area contributed by atoms with E-state index in [1.54, 1.807) is 13.1 Å². The molecule has 7 heteroatoms. The summed E-state index contributed by atoms with van der Waals surface area (Å²) in [6.07, 6.45) is 3.94. The zero-order chi connectivity index (χ0) is 19.4. The van der Waals surface area contributed by atoms with Crippen LogP contribution in [0.2, 0.25) is 0 Å². The Balaban J connectivity index is 1.91. The minimum atomic E-state index is 0.0932. The number of nitrogens with zero attached hydrogens (tertiary/aromatic N) is 3. The van der Waals surface area contributed by atoms with E-state index >= 15 is 0 Å². The largest absolute Gasteiger partial charge is 0.393 e. The average molecular weight is 366 g/mol. The molecular formula is C20H26N6O. The summed E-state index contributed by atoms with van der Waals surface area (Å²) in [5, 5.41) is 18.2. The maximum atomic E-state index is 11.8. The van der Waals surface area contributed by atoms with Crippen molar-refractivity contribution in [2.75, 3.05) is 25.0 Å². The van der Waals surface area contributed by atoms with Gasteiger partial charge in [-0.2, -0.15) is 5.10 Å². The van der Waals surface area contributed by atoms with Gasteiger partial charge in [-0.1, -0.05) is 12.1 Å². The number of rotatable bonds is 6. The van der Waals surface area contributed by atoms with Crippen molar-refractivity contribution in [2.24, 2.45) is 0 Å². The highest BCUT2D eigenvalue weighted by Gasteiger charge is 2.26. The van der Waals surface area contributed by atoms with Crippen molar-refractivity contribution in [1.82, 2.24) is 20.4 Å². The number of hydrogen-bond acceptors (Lipinski definition) is 5. The molecule has 3 N–H and O–H groups in total. The van der Waals surface area contributed by atoms with Gasteiger partial charge < -0.3 is 20.5 Å². The summed E-state index contributed by atoms with van der Waals surface area (Å²) in [7, 11) is 1.82. The summed E-state index contributed by atoms with van der Waals surface area (Å²) in [4.78, 5) is 15.8. The molecule has 1 aromatic heterocycles. The number of amides is 1. The number of H-pyrrole nitrogens is 1. The van der Waals surface area contributed by atoms with Crippen molar-refractivity contribution in [1.29, 1.82) is 5.41 Å². The molecule has 0 saturated carbocycles. The van der Waals surface area contributed by atoms with E-state index in [0.717, 1.165) is 53.4 Å². The van der Waals surface area contributed by atoms with Crippen LogP contribution in [0, 0.1) is 5.41 Å². The fourth-order valence-electron chi connectivity index (χ4n) is 3.42. The number of anilines is 2. The fraction of sp³-hybridized carbons (Fsp3) is 0.350. The van der Waals surface area contributed by atoms with E-state index in [2.05, 4.69) is 27.3 Å². The van der Waals surface area contributed by atoms with Crippen LogP contribution in [0.25, 0.3) is 5.57 Å². The van der Waals surface area contributed by atoms with Crippen LogP contribution < -0.4 is 10.2 Å². The van der Waals surface area contributed by atoms with Crippen molar-refractivity contribution in [3.05, 3.63) is 47.3 Å². The number of carbonyl (C=O) groups is 1. The van der Waals surface area contributed by atoms with E-state index in [0.29, 0.717) is 6.54 Å². The average Bonchev–Trinajstić information content (AvgIpc) is 3.10. The van der Waals surface area contributed by atoms with E-state index in [9.17, 15) is 4.79 Å². The molecule has 0 unspecified atom stereocenters. The van der Waals surface area contributed by atoms with Crippen molar-refractivity contribution in [3.8, 4) is 0 Å². The minimum Gasteiger partial charge on any atom is -0.393 e. The van der Waals surface area contributed by atoms with Gasteiger partial charge >= 0.3 is 0 Å². The van der Waals surface area contributed by atoms with Crippen LogP contribution in [0.1, 0.15) is 30.7 Å². The molecule has 0 spiro atoms. The van der Waals surface area contributed by atoms with Gasteiger partial charge in [0.05, 0.1) is 6.54 Å². The molecule has 1 aliphatic heterocycles. The summed E-state index contributed by atoms with van der Waals surface area (Å²) in [5.74, 6) is 0.972. The fourth-order valence-corrected chi connectivity index (χ4v) is 3.42. The Hall–Kier alpha value is -3.09. The Morgan fingerprint density at radius 2 is 2.15 bits per heavy atom. The Bertz CT molecular complexity index is 852. The zero-order valence-electron chi connectivity index (χ0n) is 16.0. The highest BCUT2D eigenvalue weighted by molar-refractivity contribution is 6.08. The monoisotopic (exact) mass is 366 g/mol. The Morgan fingerprint density at radius 1 is 1.41 bits per heavy atom. The molecule has 2 aromatic rings. The smallest absolute Gasteiger partial charge is 0.219 e. The molecule has 27 heavy (non-hydrogen) atoms. The number of nitrogens with one attached hydrogen (secondary N) is 3. The molecule has 0 saturated heterocycles. The van der Waals surface area contributed by atoms with Gasteiger partial charge in [0.2, 0.25) is 5.91 Å². The van der Waals surface area contributed by atoms with Crippen LogP contribution in [0.5, 0.6) is 0 Å². The summed E-state index contributed by atoms with van der Waals surface area (Å²) in [6.45, 7) is 5.79. The second-order valence-corrected chi connectivity index (χ2v) is 6.52. The molecule has 0 atom stereocenters. The Labute approximate surface area is 159 Å². The van der Waals surface area contributed by atoms with Crippen molar-refractivity contribution in [2.45, 2.75) is 26.8 Å². The molecule has 7 nitrogen and oxygen atoms in total. The Morgan fingerprint density at radius 3 is 2.74 bits per heavy atom. The van der Waals surface area contributed by atoms with Crippen molar-refractivity contribution in [3.63, 3.8) is 0 Å². The quantitative estimate of drug-likeness (QED) is 0.686. The number of benzene rings is 1. The minimum absolute atomic E-state index is 0.0932. The van der Waals surface area contributed by atoms with E-state index < -0.39 is 0 Å². The molecule has 0 radical (unpaired) electrons. The van der Waals surface area contributed by atoms with E-state index in [1.807, 2.05) is 36.2 Å². The highest BCUT2D eigenvalue weighted by Crippen LogP contribution is 2.32. The van der Waals surface area contributed by atoms with Crippen molar-refractivity contribution >= 4 is 29.2 Å². The number of fused-ring (bicyclic) bond motifs is 1. The number of aromatic amines is 1. The van der Waals surface area contributed by atoms with Crippen LogP contribution in [0.3, 0.4) is 0 Å². The first kappa shape index (κ1) is 18.7. The molecular weight excluding hydrogens is 340 g/mol. The molecule has 0 aliphatic carbocycles. The van der Waals surface area contributed by atoms with Gasteiger partial charge in [0, 0.05) is 68.4 Å². The van der Waals surface area contributed by atoms with Gasteiger partial charge in [0.15, 0.2) is 5.82 Å². The predicted molar refractivity (Wildman–Crippen MR) is 108 cm³/mol. The maximum Gasteiger partial charge on any atom is 0.219 e. The first-order chi connectivity index (χ1) is 13.1. The molecule has 142 valence electrons. The van der Waals surface area contributed by atoms with Crippen LogP contribution in [0.4, 0.5) is 11.5 Å². The van der Waals surface area contributed by atoms with E-state index in [-0.39, 0.29) is 5.91 Å². The van der Waals surface area contributed by atoms with Gasteiger partial charge in [-0.05, 0) is 24.6 Å². The maximum absolute atomic E-state index is 11.8. The van der Waals surface area contributed by atoms with Gasteiger partial charge in [0.1, 0.15) is 0 Å². The molecule has 0 bridgehead atoms. The third kappa shape index (κ3) is 3.72. The highest BCUT2D eigenvalue weighted by atomic mass is 16.2. The zero-order valence-corrected chi connectivity index (χ0v) is 16.0. The summed E-state index contributed by atoms with van der Waals surface area (Å²) in [6, 6.07) is 8.09. The van der Waals surface area contributed by atoms with Gasteiger partial charge in [-0.15, -0.1) is 0 Å². The third-order valence-electron chi connectivity index (χ3n) is 4.90. The predicted octanol–water partition coefficient (Wildman–Crippen LogP) is 2.68. The van der Waals surface area contributed by atoms with Crippen LogP contribution >= 0.6 is 0 Å². The topological polar surface area (TPSA) is 88.1 Å². The van der Waals surface area contributed by atoms with Crippen LogP contribution in [-0.2, 0) is 17.8 Å². The van der Waals surface area contributed by atoms with Crippen LogP contribution in [-0.4, -0.2) is 47.4 Å². The first-order valence-corrected chi connectivity index (χ1v) is 9.16. The van der Waals surface area contributed by atoms with Gasteiger partial charge in [-0.3, -0.25) is 9.89 Å². The van der Waals surface area contributed by atoms with Gasteiger partial charge in [-0.25, -0.2) is 0 Å². The number of allylic oxidation sites excluding steroid dienone is 1. The van der Waals surface area contributed by atoms with E-state index in [1.165, 1.54) is 6.21 Å². The molecule has 1 aliphatic rings. The normalized spacial score (nSPS) is 13.9. The molecule has 1 aromatic carbocycles. The molecule has 1 amide bonds. The Kier molecular flexibility index (Phi) is 5.59. The van der Waals surface area contributed by atoms with Crippen molar-refractivity contribution < 1.29 is 4.79 Å². The van der Waals surface area contributed by atoms with Crippen LogP contribution in [0.15, 0.2) is 30.5 Å². The lowest BCUT2D eigenvalue weighted by Crippen LogP contribution is -2.34. The second kappa shape index (κ2) is 8.07. The number of aromatic nitrogens is 2. The van der Waals surface area contributed by atoms with E-state index in [4.69, 9.17) is 5.41 Å². The summed E-state index contributed by atoms with van der Waals surface area (Å²) in [5.41, 5.74) is 5.04. The lowest BCUT2D eigenvalue weighted by Gasteiger charge is -2.28. The number of hydrogen-bond donors (Lipinski definition) is 3. The lowest BCUT2D eigenvalue weighted by molar-refractivity contribution is -0.129.